The molecule has 1 heterocycles. The molecule has 6 heteroatoms. The van der Waals surface area contributed by atoms with Crippen molar-refractivity contribution in [2.24, 2.45) is 0 Å². The molecule has 1 aromatic heterocycles. The van der Waals surface area contributed by atoms with Crippen molar-refractivity contribution in [3.8, 4) is 11.4 Å². The van der Waals surface area contributed by atoms with Crippen molar-refractivity contribution in [2.75, 3.05) is 0 Å². The predicted octanol–water partition coefficient (Wildman–Crippen LogP) is 5.20. The first-order chi connectivity index (χ1) is 16.7. The van der Waals surface area contributed by atoms with Gasteiger partial charge in [0, 0.05) is 29.9 Å². The molecule has 0 spiro atoms. The zero-order valence-electron chi connectivity index (χ0n) is 20.8. The summed E-state index contributed by atoms with van der Waals surface area (Å²) in [5, 5.41) is 2.84. The Kier molecular flexibility index (Phi) is 7.20. The maximum absolute atomic E-state index is 13.5. The van der Waals surface area contributed by atoms with E-state index in [0.717, 1.165) is 16.9 Å². The van der Waals surface area contributed by atoms with E-state index in [0.29, 0.717) is 42.1 Å². The van der Waals surface area contributed by atoms with Gasteiger partial charge in [0.25, 0.3) is 11.5 Å². The van der Waals surface area contributed by atoms with Crippen LogP contribution in [0.4, 0.5) is 0 Å². The fraction of sp³-hybridized carbons (Fsp3) is 0.345. The average molecular weight is 473 g/mol. The van der Waals surface area contributed by atoms with Crippen LogP contribution in [0.2, 0.25) is 0 Å². The van der Waals surface area contributed by atoms with Gasteiger partial charge in [0.05, 0.1) is 6.10 Å². The lowest BCUT2D eigenvalue weighted by Gasteiger charge is -2.22. The third-order valence-corrected chi connectivity index (χ3v) is 6.23. The van der Waals surface area contributed by atoms with Gasteiger partial charge in [-0.1, -0.05) is 38.1 Å². The summed E-state index contributed by atoms with van der Waals surface area (Å²) in [6, 6.07) is 16.7. The molecule has 0 aliphatic heterocycles. The standard InChI is InChI=1S/C29H32N2O4/c1-18(2)21-10-12-22(13-11-21)31-26-6-5-7-27(32)24(26)16-25(29(31)34)28(33)30-17-20-8-14-23(15-9-20)35-19(3)4/h8-16,18-19H,5-7,17H2,1-4H3,(H,30,33). The average Bonchev–Trinajstić information content (AvgIpc) is 2.83. The summed E-state index contributed by atoms with van der Waals surface area (Å²) in [7, 11) is 0. The van der Waals surface area contributed by atoms with E-state index in [1.165, 1.54) is 6.07 Å². The number of carbonyl (C=O) groups is 2. The number of amides is 1. The lowest BCUT2D eigenvalue weighted by atomic mass is 9.92. The van der Waals surface area contributed by atoms with Crippen molar-refractivity contribution in [1.29, 1.82) is 0 Å². The number of ether oxygens (including phenoxy) is 1. The fourth-order valence-electron chi connectivity index (χ4n) is 4.37. The van der Waals surface area contributed by atoms with E-state index in [4.69, 9.17) is 4.74 Å². The monoisotopic (exact) mass is 472 g/mol. The topological polar surface area (TPSA) is 77.4 Å². The molecule has 0 saturated carbocycles. The zero-order chi connectivity index (χ0) is 25.1. The molecule has 1 aliphatic carbocycles. The molecular weight excluding hydrogens is 440 g/mol. The minimum atomic E-state index is -0.494. The maximum Gasteiger partial charge on any atom is 0.268 e. The highest BCUT2D eigenvalue weighted by atomic mass is 16.5. The van der Waals surface area contributed by atoms with Gasteiger partial charge in [-0.25, -0.2) is 0 Å². The van der Waals surface area contributed by atoms with Gasteiger partial charge in [-0.2, -0.15) is 0 Å². The summed E-state index contributed by atoms with van der Waals surface area (Å²) in [5.41, 5.74) is 3.42. The van der Waals surface area contributed by atoms with Gasteiger partial charge < -0.3 is 10.1 Å². The van der Waals surface area contributed by atoms with Crippen LogP contribution in [-0.4, -0.2) is 22.4 Å². The molecule has 0 radical (unpaired) electrons. The van der Waals surface area contributed by atoms with Crippen molar-refractivity contribution in [3.63, 3.8) is 0 Å². The van der Waals surface area contributed by atoms with Crippen molar-refractivity contribution in [2.45, 2.75) is 65.5 Å². The van der Waals surface area contributed by atoms with E-state index >= 15 is 0 Å². The van der Waals surface area contributed by atoms with Crippen LogP contribution in [-0.2, 0) is 13.0 Å². The minimum absolute atomic E-state index is 0.0216. The van der Waals surface area contributed by atoms with E-state index < -0.39 is 11.5 Å². The first-order valence-corrected chi connectivity index (χ1v) is 12.2. The Balaban J connectivity index is 1.65. The number of ketones is 1. The molecule has 1 N–H and O–H groups in total. The third kappa shape index (κ3) is 5.37. The van der Waals surface area contributed by atoms with E-state index in [1.807, 2.05) is 62.4 Å². The van der Waals surface area contributed by atoms with Crippen molar-refractivity contribution < 1.29 is 14.3 Å². The number of hydrogen-bond donors (Lipinski definition) is 1. The molecule has 0 unspecified atom stereocenters. The lowest BCUT2D eigenvalue weighted by Crippen LogP contribution is -2.36. The number of carbonyl (C=O) groups excluding carboxylic acids is 2. The smallest absolute Gasteiger partial charge is 0.268 e. The Bertz CT molecular complexity index is 1290. The van der Waals surface area contributed by atoms with E-state index in [1.54, 1.807) is 4.57 Å². The van der Waals surface area contributed by atoms with Gasteiger partial charge in [0.1, 0.15) is 11.3 Å². The van der Waals surface area contributed by atoms with E-state index in [9.17, 15) is 14.4 Å². The van der Waals surface area contributed by atoms with Gasteiger partial charge in [0.2, 0.25) is 0 Å². The first-order valence-electron chi connectivity index (χ1n) is 12.2. The normalized spacial score (nSPS) is 13.1. The molecule has 0 atom stereocenters. The molecule has 182 valence electrons. The molecule has 2 aromatic carbocycles. The van der Waals surface area contributed by atoms with Crippen LogP contribution in [0, 0.1) is 0 Å². The summed E-state index contributed by atoms with van der Waals surface area (Å²) >= 11 is 0. The van der Waals surface area contributed by atoms with E-state index in [-0.39, 0.29) is 24.0 Å². The Labute approximate surface area is 205 Å². The van der Waals surface area contributed by atoms with Crippen LogP contribution in [0.1, 0.15) is 84.0 Å². The number of Topliss-reactive ketones (excluding diaryl/α,β-unsaturated/α-hetero) is 1. The van der Waals surface area contributed by atoms with Crippen LogP contribution in [0.25, 0.3) is 5.69 Å². The highest BCUT2D eigenvalue weighted by molar-refractivity contribution is 6.01. The number of nitrogens with one attached hydrogen (secondary N) is 1. The van der Waals surface area contributed by atoms with Crippen molar-refractivity contribution in [1.82, 2.24) is 9.88 Å². The van der Waals surface area contributed by atoms with Crippen LogP contribution in [0.5, 0.6) is 5.75 Å². The number of benzene rings is 2. The molecule has 0 saturated heterocycles. The van der Waals surface area contributed by atoms with Crippen molar-refractivity contribution >= 4 is 11.7 Å². The Hall–Kier alpha value is -3.67. The lowest BCUT2D eigenvalue weighted by molar-refractivity contribution is 0.0949. The number of hydrogen-bond acceptors (Lipinski definition) is 4. The van der Waals surface area contributed by atoms with Gasteiger partial charge in [-0.15, -0.1) is 0 Å². The quantitative estimate of drug-likeness (QED) is 0.513. The highest BCUT2D eigenvalue weighted by Crippen LogP contribution is 2.25. The van der Waals surface area contributed by atoms with Crippen LogP contribution in [0.15, 0.2) is 59.4 Å². The van der Waals surface area contributed by atoms with Crippen molar-refractivity contribution in [3.05, 3.63) is 92.9 Å². The molecular formula is C29H32N2O4. The number of rotatable bonds is 7. The zero-order valence-corrected chi connectivity index (χ0v) is 20.8. The van der Waals surface area contributed by atoms with Crippen LogP contribution < -0.4 is 15.6 Å². The largest absolute Gasteiger partial charge is 0.491 e. The summed E-state index contributed by atoms with van der Waals surface area (Å²) < 4.78 is 7.20. The second kappa shape index (κ2) is 10.3. The molecule has 1 aliphatic rings. The Morgan fingerprint density at radius 3 is 2.29 bits per heavy atom. The number of fused-ring (bicyclic) bond motifs is 1. The molecule has 6 nitrogen and oxygen atoms in total. The summed E-state index contributed by atoms with van der Waals surface area (Å²) in [5.74, 6) is 0.592. The second-order valence-electron chi connectivity index (χ2n) is 9.58. The first kappa shape index (κ1) is 24.5. The molecule has 3 aromatic rings. The van der Waals surface area contributed by atoms with E-state index in [2.05, 4.69) is 19.2 Å². The summed E-state index contributed by atoms with van der Waals surface area (Å²) in [6.45, 7) is 8.40. The number of nitrogens with zero attached hydrogens (tertiary/aromatic N) is 1. The Morgan fingerprint density at radius 2 is 1.66 bits per heavy atom. The Morgan fingerprint density at radius 1 is 0.971 bits per heavy atom. The highest BCUT2D eigenvalue weighted by Gasteiger charge is 2.26. The number of aromatic nitrogens is 1. The predicted molar refractivity (Wildman–Crippen MR) is 137 cm³/mol. The third-order valence-electron chi connectivity index (χ3n) is 6.23. The molecule has 4 rings (SSSR count). The van der Waals surface area contributed by atoms with Crippen LogP contribution in [0.3, 0.4) is 0 Å². The minimum Gasteiger partial charge on any atom is -0.491 e. The SMILES string of the molecule is CC(C)Oc1ccc(CNC(=O)c2cc3c(n(-c4ccc(C(C)C)cc4)c2=O)CCCC3=O)cc1. The maximum atomic E-state index is 13.5. The second-order valence-corrected chi connectivity index (χ2v) is 9.58. The van der Waals surface area contributed by atoms with Gasteiger partial charge in [-0.3, -0.25) is 19.0 Å². The molecule has 35 heavy (non-hydrogen) atoms. The molecule has 1 amide bonds. The molecule has 0 bridgehead atoms. The van der Waals surface area contributed by atoms with Gasteiger partial charge in [-0.05, 0) is 74.1 Å². The van der Waals surface area contributed by atoms with Gasteiger partial charge >= 0.3 is 0 Å². The fourth-order valence-corrected chi connectivity index (χ4v) is 4.37. The number of pyridine rings is 1. The summed E-state index contributed by atoms with van der Waals surface area (Å²) in [6.07, 6.45) is 1.81. The molecule has 0 fully saturated rings. The van der Waals surface area contributed by atoms with Gasteiger partial charge in [0.15, 0.2) is 5.78 Å². The summed E-state index contributed by atoms with van der Waals surface area (Å²) in [4.78, 5) is 39.4. The van der Waals surface area contributed by atoms with Crippen LogP contribution >= 0.6 is 0 Å².